The molecule has 24 heavy (non-hydrogen) atoms. The van der Waals surface area contributed by atoms with Crippen molar-refractivity contribution in [3.05, 3.63) is 59.7 Å². The summed E-state index contributed by atoms with van der Waals surface area (Å²) >= 11 is 0. The minimum atomic E-state index is -0.302. The van der Waals surface area contributed by atoms with Crippen molar-refractivity contribution in [3.8, 4) is 11.5 Å². The molecule has 0 N–H and O–H groups in total. The van der Waals surface area contributed by atoms with Crippen LogP contribution in [0.4, 0.5) is 0 Å². The molecule has 3 rings (SSSR count). The molecule has 0 amide bonds. The SMILES string of the molecule is CC(=O)Oc1ccc(C2CC(c3ccc(OC(C)=O)cc3)C2)cc1. The summed E-state index contributed by atoms with van der Waals surface area (Å²) in [5, 5.41) is 0. The van der Waals surface area contributed by atoms with Crippen LogP contribution in [0, 0.1) is 0 Å². The van der Waals surface area contributed by atoms with E-state index in [0.717, 1.165) is 12.8 Å². The molecule has 0 radical (unpaired) electrons. The quantitative estimate of drug-likeness (QED) is 0.625. The van der Waals surface area contributed by atoms with Crippen LogP contribution in [0.2, 0.25) is 0 Å². The Balaban J connectivity index is 1.56. The van der Waals surface area contributed by atoms with Gasteiger partial charge in [0.1, 0.15) is 11.5 Å². The van der Waals surface area contributed by atoms with E-state index in [4.69, 9.17) is 9.47 Å². The zero-order chi connectivity index (χ0) is 17.1. The van der Waals surface area contributed by atoms with E-state index in [1.54, 1.807) is 0 Å². The highest BCUT2D eigenvalue weighted by atomic mass is 16.5. The highest BCUT2D eigenvalue weighted by Gasteiger charge is 2.31. The van der Waals surface area contributed by atoms with Gasteiger partial charge in [0.25, 0.3) is 0 Å². The zero-order valence-electron chi connectivity index (χ0n) is 13.8. The highest BCUT2D eigenvalue weighted by Crippen LogP contribution is 2.47. The molecule has 0 bridgehead atoms. The number of esters is 2. The summed E-state index contributed by atoms with van der Waals surface area (Å²) in [6, 6.07) is 15.5. The summed E-state index contributed by atoms with van der Waals surface area (Å²) in [5.41, 5.74) is 2.55. The van der Waals surface area contributed by atoms with Crippen molar-refractivity contribution in [1.82, 2.24) is 0 Å². The summed E-state index contributed by atoms with van der Waals surface area (Å²) in [6.07, 6.45) is 2.19. The molecule has 124 valence electrons. The molecule has 1 saturated carbocycles. The summed E-state index contributed by atoms with van der Waals surface area (Å²) in [7, 11) is 0. The topological polar surface area (TPSA) is 52.6 Å². The van der Waals surface area contributed by atoms with Crippen LogP contribution in [0.5, 0.6) is 11.5 Å². The van der Waals surface area contributed by atoms with Gasteiger partial charge >= 0.3 is 11.9 Å². The van der Waals surface area contributed by atoms with Crippen LogP contribution in [0.25, 0.3) is 0 Å². The van der Waals surface area contributed by atoms with Crippen molar-refractivity contribution in [2.45, 2.75) is 38.5 Å². The molecule has 0 saturated heterocycles. The summed E-state index contributed by atoms with van der Waals surface area (Å²) < 4.78 is 10.1. The summed E-state index contributed by atoms with van der Waals surface area (Å²) in [6.45, 7) is 2.80. The maximum Gasteiger partial charge on any atom is 0.308 e. The second-order valence-electron chi connectivity index (χ2n) is 6.19. The zero-order valence-corrected chi connectivity index (χ0v) is 13.8. The molecule has 2 aromatic carbocycles. The minimum Gasteiger partial charge on any atom is -0.427 e. The Morgan fingerprint density at radius 2 is 1.04 bits per heavy atom. The van der Waals surface area contributed by atoms with Crippen molar-refractivity contribution < 1.29 is 19.1 Å². The smallest absolute Gasteiger partial charge is 0.308 e. The van der Waals surface area contributed by atoms with E-state index in [1.165, 1.54) is 25.0 Å². The van der Waals surface area contributed by atoms with E-state index in [2.05, 4.69) is 0 Å². The first kappa shape index (κ1) is 16.2. The average molecular weight is 324 g/mol. The van der Waals surface area contributed by atoms with Gasteiger partial charge in [-0.2, -0.15) is 0 Å². The van der Waals surface area contributed by atoms with Crippen LogP contribution < -0.4 is 9.47 Å². The lowest BCUT2D eigenvalue weighted by atomic mass is 9.68. The Bertz CT molecular complexity index is 662. The second-order valence-corrected chi connectivity index (χ2v) is 6.19. The number of benzene rings is 2. The minimum absolute atomic E-state index is 0.302. The van der Waals surface area contributed by atoms with E-state index in [0.29, 0.717) is 23.3 Å². The Morgan fingerprint density at radius 3 is 1.33 bits per heavy atom. The normalized spacial score (nSPS) is 19.2. The third-order valence-corrected chi connectivity index (χ3v) is 4.36. The molecular formula is C20H20O4. The lowest BCUT2D eigenvalue weighted by molar-refractivity contribution is -0.132. The molecule has 2 aromatic rings. The molecule has 0 aromatic heterocycles. The largest absolute Gasteiger partial charge is 0.427 e. The summed E-state index contributed by atoms with van der Waals surface area (Å²) in [5.74, 6) is 1.64. The van der Waals surface area contributed by atoms with Gasteiger partial charge in [-0.05, 0) is 60.1 Å². The Kier molecular flexibility index (Phi) is 4.65. The number of carbonyl (C=O) groups excluding carboxylic acids is 2. The first-order valence-corrected chi connectivity index (χ1v) is 8.08. The van der Waals surface area contributed by atoms with Crippen LogP contribution >= 0.6 is 0 Å². The van der Waals surface area contributed by atoms with Gasteiger partial charge in [-0.25, -0.2) is 0 Å². The lowest BCUT2D eigenvalue weighted by Gasteiger charge is -2.36. The maximum absolute atomic E-state index is 10.9. The third-order valence-electron chi connectivity index (χ3n) is 4.36. The Labute approximate surface area is 141 Å². The fourth-order valence-corrected chi connectivity index (χ4v) is 3.11. The second kappa shape index (κ2) is 6.87. The van der Waals surface area contributed by atoms with Gasteiger partial charge < -0.3 is 9.47 Å². The van der Waals surface area contributed by atoms with Crippen molar-refractivity contribution in [2.24, 2.45) is 0 Å². The lowest BCUT2D eigenvalue weighted by Crippen LogP contribution is -2.20. The standard InChI is InChI=1S/C20H20O4/c1-13(21)23-19-7-3-15(4-8-19)17-11-18(12-17)16-5-9-20(10-6-16)24-14(2)22/h3-10,17-18H,11-12H2,1-2H3. The number of rotatable bonds is 4. The monoisotopic (exact) mass is 324 g/mol. The van der Waals surface area contributed by atoms with E-state index in [-0.39, 0.29) is 11.9 Å². The number of carbonyl (C=O) groups is 2. The molecule has 1 aliphatic rings. The number of hydrogen-bond donors (Lipinski definition) is 0. The fraction of sp³-hybridized carbons (Fsp3) is 0.300. The predicted octanol–water partition coefficient (Wildman–Crippen LogP) is 4.20. The molecule has 0 spiro atoms. The third kappa shape index (κ3) is 3.82. The molecule has 1 aliphatic carbocycles. The molecule has 0 heterocycles. The number of ether oxygens (including phenoxy) is 2. The van der Waals surface area contributed by atoms with Crippen LogP contribution in [-0.4, -0.2) is 11.9 Å². The Morgan fingerprint density at radius 1 is 0.708 bits per heavy atom. The van der Waals surface area contributed by atoms with E-state index in [9.17, 15) is 9.59 Å². The van der Waals surface area contributed by atoms with Gasteiger partial charge in [-0.3, -0.25) is 9.59 Å². The van der Waals surface area contributed by atoms with Gasteiger partial charge in [0.05, 0.1) is 0 Å². The van der Waals surface area contributed by atoms with Crippen molar-refractivity contribution in [3.63, 3.8) is 0 Å². The first-order chi connectivity index (χ1) is 11.5. The van der Waals surface area contributed by atoms with Crippen molar-refractivity contribution in [1.29, 1.82) is 0 Å². The number of hydrogen-bond acceptors (Lipinski definition) is 4. The van der Waals surface area contributed by atoms with Crippen LogP contribution in [0.3, 0.4) is 0 Å². The maximum atomic E-state index is 10.9. The average Bonchev–Trinajstić information content (AvgIpc) is 2.48. The van der Waals surface area contributed by atoms with Crippen LogP contribution in [-0.2, 0) is 9.59 Å². The summed E-state index contributed by atoms with van der Waals surface area (Å²) in [4.78, 5) is 21.9. The van der Waals surface area contributed by atoms with Crippen molar-refractivity contribution >= 4 is 11.9 Å². The Hall–Kier alpha value is -2.62. The highest BCUT2D eigenvalue weighted by molar-refractivity contribution is 5.69. The predicted molar refractivity (Wildman–Crippen MR) is 90.2 cm³/mol. The molecular weight excluding hydrogens is 304 g/mol. The fourth-order valence-electron chi connectivity index (χ4n) is 3.11. The van der Waals surface area contributed by atoms with Crippen molar-refractivity contribution in [2.75, 3.05) is 0 Å². The molecule has 0 atom stereocenters. The van der Waals surface area contributed by atoms with Gasteiger partial charge in [-0.1, -0.05) is 24.3 Å². The van der Waals surface area contributed by atoms with Gasteiger partial charge in [0.15, 0.2) is 0 Å². The molecule has 0 unspecified atom stereocenters. The van der Waals surface area contributed by atoms with Gasteiger partial charge in [0.2, 0.25) is 0 Å². The molecule has 0 aliphatic heterocycles. The van der Waals surface area contributed by atoms with Gasteiger partial charge in [0, 0.05) is 13.8 Å². The molecule has 4 heteroatoms. The molecule has 4 nitrogen and oxygen atoms in total. The molecule has 1 fully saturated rings. The van der Waals surface area contributed by atoms with Gasteiger partial charge in [-0.15, -0.1) is 0 Å². The van der Waals surface area contributed by atoms with Crippen LogP contribution in [0.1, 0.15) is 49.7 Å². The van der Waals surface area contributed by atoms with Crippen LogP contribution in [0.15, 0.2) is 48.5 Å². The van der Waals surface area contributed by atoms with E-state index < -0.39 is 0 Å². The van der Waals surface area contributed by atoms with E-state index in [1.807, 2.05) is 48.5 Å². The first-order valence-electron chi connectivity index (χ1n) is 8.08. The van der Waals surface area contributed by atoms with E-state index >= 15 is 0 Å².